The molecule has 1 saturated carbocycles. The molecule has 2 N–H and O–H groups in total. The minimum absolute atomic E-state index is 0.0231. The number of halogens is 2. The number of carbonyl (C=O) groups is 2. The van der Waals surface area contributed by atoms with Crippen LogP contribution in [0.15, 0.2) is 18.2 Å². The van der Waals surface area contributed by atoms with Gasteiger partial charge in [-0.1, -0.05) is 30.5 Å². The van der Waals surface area contributed by atoms with Gasteiger partial charge < -0.3 is 10.4 Å². The number of hydrogen-bond donors (Lipinski definition) is 2. The zero-order valence-corrected chi connectivity index (χ0v) is 12.4. The molecular formula is C15H17ClFNO3. The van der Waals surface area contributed by atoms with E-state index in [1.807, 2.05) is 0 Å². The van der Waals surface area contributed by atoms with E-state index in [0.717, 1.165) is 12.8 Å². The van der Waals surface area contributed by atoms with Crippen LogP contribution in [-0.2, 0) is 4.79 Å². The molecule has 0 heterocycles. The van der Waals surface area contributed by atoms with Crippen LogP contribution in [0, 0.1) is 11.2 Å². The van der Waals surface area contributed by atoms with Crippen molar-refractivity contribution in [2.75, 3.05) is 0 Å². The van der Waals surface area contributed by atoms with E-state index < -0.39 is 29.2 Å². The maximum Gasteiger partial charge on any atom is 0.311 e. The fourth-order valence-corrected chi connectivity index (χ4v) is 2.95. The minimum atomic E-state index is -1.01. The molecule has 1 amide bonds. The molecule has 1 aliphatic rings. The Bertz CT molecular complexity index is 578. The smallest absolute Gasteiger partial charge is 0.311 e. The Labute approximate surface area is 127 Å². The molecule has 0 aromatic heterocycles. The van der Waals surface area contributed by atoms with Crippen LogP contribution < -0.4 is 5.32 Å². The number of nitrogens with one attached hydrogen (secondary N) is 1. The van der Waals surface area contributed by atoms with Gasteiger partial charge in [0.25, 0.3) is 5.91 Å². The minimum Gasteiger partial charge on any atom is -0.481 e. The maximum absolute atomic E-state index is 13.4. The average Bonchev–Trinajstić information content (AvgIpc) is 2.44. The zero-order chi connectivity index (χ0) is 15.6. The van der Waals surface area contributed by atoms with Crippen LogP contribution in [0.4, 0.5) is 4.39 Å². The van der Waals surface area contributed by atoms with Crippen LogP contribution in [0.3, 0.4) is 0 Å². The second kappa shape index (κ2) is 6.02. The van der Waals surface area contributed by atoms with Gasteiger partial charge in [-0.3, -0.25) is 9.59 Å². The number of carbonyl (C=O) groups excluding carboxylic acids is 1. The number of carboxylic acid groups (broad SMARTS) is 1. The van der Waals surface area contributed by atoms with Gasteiger partial charge in [-0.05, 0) is 31.9 Å². The molecule has 1 aliphatic carbocycles. The predicted molar refractivity (Wildman–Crippen MR) is 76.9 cm³/mol. The Morgan fingerprint density at radius 2 is 2.14 bits per heavy atom. The van der Waals surface area contributed by atoms with Crippen molar-refractivity contribution < 1.29 is 19.1 Å². The van der Waals surface area contributed by atoms with Crippen molar-refractivity contribution in [1.82, 2.24) is 5.32 Å². The van der Waals surface area contributed by atoms with Crippen molar-refractivity contribution in [3.63, 3.8) is 0 Å². The number of hydrogen-bond acceptors (Lipinski definition) is 2. The van der Waals surface area contributed by atoms with Gasteiger partial charge in [0.2, 0.25) is 0 Å². The summed E-state index contributed by atoms with van der Waals surface area (Å²) in [5, 5.41) is 11.9. The molecule has 114 valence electrons. The van der Waals surface area contributed by atoms with E-state index in [1.165, 1.54) is 18.2 Å². The Hall–Kier alpha value is -1.62. The molecule has 6 heteroatoms. The molecule has 4 nitrogen and oxygen atoms in total. The van der Waals surface area contributed by atoms with Crippen LogP contribution in [0.1, 0.15) is 43.0 Å². The van der Waals surface area contributed by atoms with Crippen LogP contribution in [0.5, 0.6) is 0 Å². The van der Waals surface area contributed by atoms with E-state index in [4.69, 9.17) is 11.6 Å². The summed E-state index contributed by atoms with van der Waals surface area (Å²) >= 11 is 5.79. The normalized spacial score (nSPS) is 25.4. The monoisotopic (exact) mass is 313 g/mol. The van der Waals surface area contributed by atoms with Crippen molar-refractivity contribution in [3.8, 4) is 0 Å². The summed E-state index contributed by atoms with van der Waals surface area (Å²) in [5.41, 5.74) is -0.983. The van der Waals surface area contributed by atoms with E-state index in [2.05, 4.69) is 5.32 Å². The zero-order valence-electron chi connectivity index (χ0n) is 11.7. The molecule has 0 radical (unpaired) electrons. The molecule has 2 unspecified atom stereocenters. The Balaban J connectivity index is 2.21. The van der Waals surface area contributed by atoms with Crippen LogP contribution >= 0.6 is 11.6 Å². The number of benzene rings is 1. The van der Waals surface area contributed by atoms with Crippen molar-refractivity contribution in [1.29, 1.82) is 0 Å². The summed E-state index contributed by atoms with van der Waals surface area (Å²) in [6.07, 6.45) is 2.76. The lowest BCUT2D eigenvalue weighted by Crippen LogP contribution is -2.52. The van der Waals surface area contributed by atoms with Gasteiger partial charge in [0.15, 0.2) is 0 Å². The lowest BCUT2D eigenvalue weighted by molar-refractivity contribution is -0.151. The Kier molecular flexibility index (Phi) is 4.52. The molecule has 0 spiro atoms. The second-order valence-corrected chi connectivity index (χ2v) is 5.97. The first-order chi connectivity index (χ1) is 9.86. The molecule has 2 rings (SSSR count). The van der Waals surface area contributed by atoms with E-state index in [0.29, 0.717) is 12.8 Å². The highest BCUT2D eigenvalue weighted by molar-refractivity contribution is 6.34. The maximum atomic E-state index is 13.4. The fourth-order valence-electron chi connectivity index (χ4n) is 2.74. The van der Waals surface area contributed by atoms with E-state index in [-0.39, 0.29) is 10.6 Å². The topological polar surface area (TPSA) is 66.4 Å². The van der Waals surface area contributed by atoms with E-state index in [1.54, 1.807) is 6.92 Å². The van der Waals surface area contributed by atoms with Gasteiger partial charge in [-0.2, -0.15) is 0 Å². The van der Waals surface area contributed by atoms with Crippen molar-refractivity contribution in [2.24, 2.45) is 5.41 Å². The third-order valence-corrected chi connectivity index (χ3v) is 4.58. The van der Waals surface area contributed by atoms with Crippen LogP contribution in [-0.4, -0.2) is 23.0 Å². The lowest BCUT2D eigenvalue weighted by atomic mass is 9.71. The predicted octanol–water partition coefficient (Wildman–Crippen LogP) is 3.24. The number of aliphatic carboxylic acids is 1. The second-order valence-electron chi connectivity index (χ2n) is 5.60. The molecule has 21 heavy (non-hydrogen) atoms. The number of carboxylic acids is 1. The molecule has 0 aliphatic heterocycles. The van der Waals surface area contributed by atoms with Crippen LogP contribution in [0.25, 0.3) is 0 Å². The summed E-state index contributed by atoms with van der Waals surface area (Å²) in [4.78, 5) is 23.7. The highest BCUT2D eigenvalue weighted by Crippen LogP contribution is 2.36. The van der Waals surface area contributed by atoms with Gasteiger partial charge in [0.05, 0.1) is 16.0 Å². The van der Waals surface area contributed by atoms with Gasteiger partial charge in [0.1, 0.15) is 5.82 Å². The highest BCUT2D eigenvalue weighted by Gasteiger charge is 2.44. The summed E-state index contributed by atoms with van der Waals surface area (Å²) in [6.45, 7) is 1.63. The van der Waals surface area contributed by atoms with Gasteiger partial charge in [-0.15, -0.1) is 0 Å². The van der Waals surface area contributed by atoms with Crippen molar-refractivity contribution in [2.45, 2.75) is 38.6 Å². The number of amides is 1. The summed E-state index contributed by atoms with van der Waals surface area (Å²) in [5.74, 6) is -2.15. The fraction of sp³-hybridized carbons (Fsp3) is 0.467. The third-order valence-electron chi connectivity index (χ3n) is 4.20. The largest absolute Gasteiger partial charge is 0.481 e. The molecule has 0 saturated heterocycles. The average molecular weight is 314 g/mol. The highest BCUT2D eigenvalue weighted by atomic mass is 35.5. The molecule has 1 fully saturated rings. The van der Waals surface area contributed by atoms with Gasteiger partial charge >= 0.3 is 5.97 Å². The van der Waals surface area contributed by atoms with Crippen molar-refractivity contribution in [3.05, 3.63) is 34.6 Å². The number of rotatable bonds is 3. The first kappa shape index (κ1) is 15.8. The SMILES string of the molecule is CC1(C(=O)O)CCCCC1NC(=O)c1cccc(F)c1Cl. The summed E-state index contributed by atoms with van der Waals surface area (Å²) < 4.78 is 13.4. The Morgan fingerprint density at radius 1 is 1.43 bits per heavy atom. The Morgan fingerprint density at radius 3 is 2.81 bits per heavy atom. The molecule has 2 atom stereocenters. The first-order valence-electron chi connectivity index (χ1n) is 6.84. The first-order valence-corrected chi connectivity index (χ1v) is 7.22. The van der Waals surface area contributed by atoms with Crippen molar-refractivity contribution >= 4 is 23.5 Å². The summed E-state index contributed by atoms with van der Waals surface area (Å²) in [6, 6.07) is 3.49. The standard InChI is InChI=1S/C15H17ClFNO3/c1-15(14(20)21)8-3-2-7-11(15)18-13(19)9-5-4-6-10(17)12(9)16/h4-6,11H,2-3,7-8H2,1H3,(H,18,19)(H,20,21). The lowest BCUT2D eigenvalue weighted by Gasteiger charge is -2.38. The molecule has 1 aromatic rings. The van der Waals surface area contributed by atoms with Crippen LogP contribution in [0.2, 0.25) is 5.02 Å². The van der Waals surface area contributed by atoms with E-state index >= 15 is 0 Å². The molecular weight excluding hydrogens is 297 g/mol. The molecule has 1 aromatic carbocycles. The molecule has 0 bridgehead atoms. The third kappa shape index (κ3) is 3.02. The van der Waals surface area contributed by atoms with Gasteiger partial charge in [-0.25, -0.2) is 4.39 Å². The quantitative estimate of drug-likeness (QED) is 0.900. The summed E-state index contributed by atoms with van der Waals surface area (Å²) in [7, 11) is 0. The van der Waals surface area contributed by atoms with E-state index in [9.17, 15) is 19.1 Å². The van der Waals surface area contributed by atoms with Gasteiger partial charge in [0, 0.05) is 6.04 Å².